The second-order valence-corrected chi connectivity index (χ2v) is 8.48. The van der Waals surface area contributed by atoms with Crippen molar-refractivity contribution in [3.05, 3.63) is 92.7 Å². The highest BCUT2D eigenvalue weighted by Crippen LogP contribution is 2.35. The summed E-state index contributed by atoms with van der Waals surface area (Å²) in [6.07, 6.45) is 0. The van der Waals surface area contributed by atoms with Crippen molar-refractivity contribution in [3.63, 3.8) is 0 Å². The molecular formula is C24H16ClIN2O5. The topological polar surface area (TPSA) is 84.9 Å². The summed E-state index contributed by atoms with van der Waals surface area (Å²) >= 11 is 8.35. The van der Waals surface area contributed by atoms with E-state index in [1.54, 1.807) is 60.7 Å². The Morgan fingerprint density at radius 2 is 1.61 bits per heavy atom. The Labute approximate surface area is 208 Å². The number of carbonyl (C=O) groups excluding carboxylic acids is 3. The number of imide groups is 1. The Morgan fingerprint density at radius 1 is 0.939 bits per heavy atom. The Kier molecular flexibility index (Phi) is 6.66. The van der Waals surface area contributed by atoms with Crippen molar-refractivity contribution in [1.82, 2.24) is 0 Å². The van der Waals surface area contributed by atoms with E-state index in [9.17, 15) is 14.4 Å². The molecule has 0 radical (unpaired) electrons. The Balaban J connectivity index is 1.49. The lowest BCUT2D eigenvalue weighted by atomic mass is 10.2. The third-order valence-corrected chi connectivity index (χ3v) is 5.84. The quantitative estimate of drug-likeness (QED) is 0.194. The smallest absolute Gasteiger partial charge is 0.343 e. The number of hydrogen-bond donors (Lipinski definition) is 1. The Morgan fingerprint density at radius 3 is 2.27 bits per heavy atom. The molecule has 0 saturated heterocycles. The van der Waals surface area contributed by atoms with E-state index in [0.29, 0.717) is 28.4 Å². The van der Waals surface area contributed by atoms with E-state index < -0.39 is 17.8 Å². The summed E-state index contributed by atoms with van der Waals surface area (Å²) in [5, 5.41) is 2.63. The maximum absolute atomic E-state index is 13.0. The fraction of sp³-hybridized carbons (Fsp3) is 0.0417. The van der Waals surface area contributed by atoms with Crippen molar-refractivity contribution in [2.75, 3.05) is 17.3 Å². The number of nitrogens with one attached hydrogen (secondary N) is 1. The SMILES string of the molecule is COc1ccccc1N1C(=O)C(Cl)=C(Nc2ccc(C(=O)Oc3ccc(I)cc3)cc2)C1=O. The number of esters is 1. The van der Waals surface area contributed by atoms with Crippen LogP contribution in [0.4, 0.5) is 11.4 Å². The highest BCUT2D eigenvalue weighted by molar-refractivity contribution is 14.1. The average Bonchev–Trinajstić information content (AvgIpc) is 3.04. The van der Waals surface area contributed by atoms with Gasteiger partial charge in [0.05, 0.1) is 18.4 Å². The van der Waals surface area contributed by atoms with Gasteiger partial charge in [0.2, 0.25) is 0 Å². The molecule has 1 aliphatic rings. The predicted molar refractivity (Wildman–Crippen MR) is 133 cm³/mol. The maximum atomic E-state index is 13.0. The molecule has 33 heavy (non-hydrogen) atoms. The first kappa shape index (κ1) is 22.8. The largest absolute Gasteiger partial charge is 0.495 e. The molecule has 3 aromatic rings. The maximum Gasteiger partial charge on any atom is 0.343 e. The summed E-state index contributed by atoms with van der Waals surface area (Å²) in [4.78, 5) is 39.0. The van der Waals surface area contributed by atoms with Crippen molar-refractivity contribution < 1.29 is 23.9 Å². The van der Waals surface area contributed by atoms with Crippen molar-refractivity contribution in [2.45, 2.75) is 0 Å². The Bertz CT molecular complexity index is 1270. The van der Waals surface area contributed by atoms with Crippen LogP contribution in [0.3, 0.4) is 0 Å². The molecule has 0 unspecified atom stereocenters. The van der Waals surface area contributed by atoms with Gasteiger partial charge >= 0.3 is 5.97 Å². The van der Waals surface area contributed by atoms with Gasteiger partial charge in [-0.05, 0) is 83.3 Å². The van der Waals surface area contributed by atoms with Gasteiger partial charge in [-0.2, -0.15) is 0 Å². The van der Waals surface area contributed by atoms with Gasteiger partial charge in [0.1, 0.15) is 22.2 Å². The van der Waals surface area contributed by atoms with Crippen molar-refractivity contribution in [1.29, 1.82) is 0 Å². The van der Waals surface area contributed by atoms with Crippen LogP contribution in [0.1, 0.15) is 10.4 Å². The summed E-state index contributed by atoms with van der Waals surface area (Å²) < 4.78 is 11.6. The number of methoxy groups -OCH3 is 1. The predicted octanol–water partition coefficient (Wildman–Crippen LogP) is 4.95. The number of hydrogen-bond acceptors (Lipinski definition) is 6. The fourth-order valence-electron chi connectivity index (χ4n) is 3.15. The summed E-state index contributed by atoms with van der Waals surface area (Å²) in [6, 6.07) is 20.0. The molecule has 0 fully saturated rings. The van der Waals surface area contributed by atoms with Gasteiger partial charge in [-0.15, -0.1) is 0 Å². The third-order valence-electron chi connectivity index (χ3n) is 4.77. The molecule has 3 aromatic carbocycles. The number of amides is 2. The summed E-state index contributed by atoms with van der Waals surface area (Å²) in [5.74, 6) is -0.996. The molecule has 0 aliphatic carbocycles. The minimum Gasteiger partial charge on any atom is -0.495 e. The summed E-state index contributed by atoms with van der Waals surface area (Å²) in [5.41, 5.74) is 1.01. The molecule has 1 heterocycles. The van der Waals surface area contributed by atoms with Crippen LogP contribution in [0, 0.1) is 3.57 Å². The normalized spacial score (nSPS) is 13.4. The molecule has 0 atom stereocenters. The van der Waals surface area contributed by atoms with Crippen LogP contribution in [0.2, 0.25) is 0 Å². The molecule has 2 amide bonds. The number of rotatable bonds is 6. The highest BCUT2D eigenvalue weighted by atomic mass is 127. The monoisotopic (exact) mass is 574 g/mol. The minimum absolute atomic E-state index is 0.0678. The Hall–Kier alpha value is -3.37. The van der Waals surface area contributed by atoms with E-state index >= 15 is 0 Å². The molecule has 4 rings (SSSR count). The molecular weight excluding hydrogens is 559 g/mol. The van der Waals surface area contributed by atoms with Crippen LogP contribution in [0.25, 0.3) is 0 Å². The van der Waals surface area contributed by atoms with Crippen molar-refractivity contribution in [3.8, 4) is 11.5 Å². The lowest BCUT2D eigenvalue weighted by molar-refractivity contribution is -0.120. The first-order valence-corrected chi connectivity index (χ1v) is 11.1. The number of ether oxygens (including phenoxy) is 2. The third kappa shape index (κ3) is 4.71. The van der Waals surface area contributed by atoms with Gasteiger partial charge in [-0.25, -0.2) is 9.69 Å². The van der Waals surface area contributed by atoms with E-state index in [1.807, 2.05) is 12.1 Å². The van der Waals surface area contributed by atoms with Crippen LogP contribution in [0.5, 0.6) is 11.5 Å². The molecule has 7 nitrogen and oxygen atoms in total. The van der Waals surface area contributed by atoms with Gasteiger partial charge in [0, 0.05) is 9.26 Å². The number of nitrogens with zero attached hydrogens (tertiary/aromatic N) is 1. The molecule has 0 spiro atoms. The van der Waals surface area contributed by atoms with E-state index in [1.165, 1.54) is 7.11 Å². The van der Waals surface area contributed by atoms with E-state index in [2.05, 4.69) is 27.9 Å². The van der Waals surface area contributed by atoms with Crippen LogP contribution in [-0.2, 0) is 9.59 Å². The average molecular weight is 575 g/mol. The number of carbonyl (C=O) groups is 3. The van der Waals surface area contributed by atoms with Crippen LogP contribution in [-0.4, -0.2) is 24.9 Å². The lowest BCUT2D eigenvalue weighted by Gasteiger charge is -2.17. The zero-order chi connectivity index (χ0) is 23.5. The summed E-state index contributed by atoms with van der Waals surface area (Å²) in [7, 11) is 1.45. The van der Waals surface area contributed by atoms with Crippen LogP contribution < -0.4 is 19.7 Å². The zero-order valence-corrected chi connectivity index (χ0v) is 20.1. The number of para-hydroxylation sites is 2. The van der Waals surface area contributed by atoms with Crippen LogP contribution >= 0.6 is 34.2 Å². The lowest BCUT2D eigenvalue weighted by Crippen LogP contribution is -2.32. The van der Waals surface area contributed by atoms with E-state index in [4.69, 9.17) is 21.1 Å². The zero-order valence-electron chi connectivity index (χ0n) is 17.2. The van der Waals surface area contributed by atoms with Crippen molar-refractivity contribution in [2.24, 2.45) is 0 Å². The highest BCUT2D eigenvalue weighted by Gasteiger charge is 2.40. The molecule has 0 bridgehead atoms. The van der Waals surface area contributed by atoms with Gasteiger partial charge in [0.25, 0.3) is 11.8 Å². The second kappa shape index (κ2) is 9.63. The first-order chi connectivity index (χ1) is 15.9. The molecule has 166 valence electrons. The van der Waals surface area contributed by atoms with Gasteiger partial charge in [-0.3, -0.25) is 9.59 Å². The van der Waals surface area contributed by atoms with E-state index in [-0.39, 0.29) is 10.7 Å². The standard InChI is InChI=1S/C24H16ClIN2O5/c1-32-19-5-3-2-4-18(19)28-22(29)20(25)21(23(28)30)27-16-10-6-14(7-11-16)24(31)33-17-12-8-15(26)9-13-17/h2-13,27H,1H3. The summed E-state index contributed by atoms with van der Waals surface area (Å²) in [6.45, 7) is 0. The van der Waals surface area contributed by atoms with Crippen molar-refractivity contribution >= 4 is 63.4 Å². The molecule has 0 saturated carbocycles. The van der Waals surface area contributed by atoms with Gasteiger partial charge in [0.15, 0.2) is 0 Å². The van der Waals surface area contributed by atoms with Crippen LogP contribution in [0.15, 0.2) is 83.5 Å². The van der Waals surface area contributed by atoms with E-state index in [0.717, 1.165) is 8.47 Å². The number of anilines is 2. The fourth-order valence-corrected chi connectivity index (χ4v) is 3.72. The number of benzene rings is 3. The second-order valence-electron chi connectivity index (χ2n) is 6.85. The molecule has 1 aliphatic heterocycles. The minimum atomic E-state index is -0.661. The first-order valence-electron chi connectivity index (χ1n) is 9.65. The van der Waals surface area contributed by atoms with Gasteiger partial charge in [-0.1, -0.05) is 23.7 Å². The van der Waals surface area contributed by atoms with Gasteiger partial charge < -0.3 is 14.8 Å². The number of halogens is 2. The molecule has 9 heteroatoms. The molecule has 0 aromatic heterocycles. The molecule has 1 N–H and O–H groups in total.